The predicted octanol–water partition coefficient (Wildman–Crippen LogP) is 2.70. The van der Waals surface area contributed by atoms with Crippen molar-refractivity contribution in [2.45, 2.75) is 32.3 Å². The van der Waals surface area contributed by atoms with Gasteiger partial charge in [-0.05, 0) is 38.0 Å². The van der Waals surface area contributed by atoms with Gasteiger partial charge in [0, 0.05) is 42.7 Å². The zero-order chi connectivity index (χ0) is 16.9. The van der Waals surface area contributed by atoms with Gasteiger partial charge >= 0.3 is 0 Å². The largest absolute Gasteiger partial charge is 0.391 e. The Kier molecular flexibility index (Phi) is 5.48. The summed E-state index contributed by atoms with van der Waals surface area (Å²) in [4.78, 5) is 18.8. The molecule has 0 spiro atoms. The van der Waals surface area contributed by atoms with Gasteiger partial charge in [-0.25, -0.2) is 4.98 Å². The number of aryl methyl sites for hydroxylation is 1. The van der Waals surface area contributed by atoms with Crippen molar-refractivity contribution >= 4 is 22.9 Å². The Bertz CT molecular complexity index is 701. The first-order valence-corrected chi connectivity index (χ1v) is 9.22. The van der Waals surface area contributed by atoms with Crippen LogP contribution in [0.2, 0.25) is 0 Å². The number of hydrogen-bond acceptors (Lipinski definition) is 5. The number of aliphatic hydroxyl groups is 1. The highest BCUT2D eigenvalue weighted by molar-refractivity contribution is 7.09. The molecule has 2 heterocycles. The highest BCUT2D eigenvalue weighted by Crippen LogP contribution is 2.17. The number of aromatic nitrogens is 1. The average Bonchev–Trinajstić information content (AvgIpc) is 3.00. The molecule has 1 amide bonds. The first-order valence-electron chi connectivity index (χ1n) is 8.34. The lowest BCUT2D eigenvalue weighted by Crippen LogP contribution is -2.42. The van der Waals surface area contributed by atoms with Crippen LogP contribution in [0.4, 0.5) is 5.69 Å². The number of nitrogens with one attached hydrogen (secondary N) is 1. The number of nitrogens with zero attached hydrogens (tertiary/aromatic N) is 2. The van der Waals surface area contributed by atoms with Gasteiger partial charge in [0.1, 0.15) is 0 Å². The van der Waals surface area contributed by atoms with Crippen LogP contribution in [0.1, 0.15) is 33.9 Å². The number of amides is 1. The zero-order valence-corrected chi connectivity index (χ0v) is 14.7. The number of rotatable bonds is 5. The SMILES string of the molecule is Cc1nc(CCNc2cccc(C(=O)N3CCCC(O)C3)c2)cs1. The number of aliphatic hydroxyl groups excluding tert-OH is 1. The Morgan fingerprint density at radius 1 is 1.50 bits per heavy atom. The van der Waals surface area contributed by atoms with Crippen molar-refractivity contribution in [2.75, 3.05) is 25.0 Å². The van der Waals surface area contributed by atoms with Crippen LogP contribution in [-0.2, 0) is 6.42 Å². The lowest BCUT2D eigenvalue weighted by atomic mass is 10.1. The van der Waals surface area contributed by atoms with Gasteiger partial charge in [0.2, 0.25) is 0 Å². The fourth-order valence-electron chi connectivity index (χ4n) is 2.94. The van der Waals surface area contributed by atoms with Crippen LogP contribution in [0.25, 0.3) is 0 Å². The van der Waals surface area contributed by atoms with Crippen LogP contribution in [0, 0.1) is 6.92 Å². The second-order valence-electron chi connectivity index (χ2n) is 6.16. The number of anilines is 1. The number of β-amino-alcohol motifs (C(OH)–C–C–N with tert-alkyl or cyclic N) is 1. The van der Waals surface area contributed by atoms with E-state index in [0.717, 1.165) is 48.7 Å². The molecule has 0 saturated carbocycles. The second kappa shape index (κ2) is 7.77. The standard InChI is InChI=1S/C18H23N3O2S/c1-13-20-16(12-24-13)7-8-19-15-5-2-4-14(10-15)18(23)21-9-3-6-17(22)11-21/h2,4-5,10,12,17,19,22H,3,6-9,11H2,1H3. The van der Waals surface area contributed by atoms with Crippen LogP contribution in [0.3, 0.4) is 0 Å². The van der Waals surface area contributed by atoms with Gasteiger partial charge in [-0.15, -0.1) is 11.3 Å². The molecule has 5 nitrogen and oxygen atoms in total. The molecule has 1 fully saturated rings. The summed E-state index contributed by atoms with van der Waals surface area (Å²) in [5, 5.41) is 16.3. The molecule has 1 aliphatic rings. The molecule has 1 atom stereocenters. The summed E-state index contributed by atoms with van der Waals surface area (Å²) in [6, 6.07) is 7.57. The van der Waals surface area contributed by atoms with E-state index in [2.05, 4.69) is 15.7 Å². The van der Waals surface area contributed by atoms with E-state index in [9.17, 15) is 9.90 Å². The molecule has 1 unspecified atom stereocenters. The lowest BCUT2D eigenvalue weighted by molar-refractivity contribution is 0.0474. The Labute approximate surface area is 146 Å². The maximum Gasteiger partial charge on any atom is 0.254 e. The van der Waals surface area contributed by atoms with Crippen molar-refractivity contribution in [3.63, 3.8) is 0 Å². The molecule has 1 aliphatic heterocycles. The molecule has 2 N–H and O–H groups in total. The van der Waals surface area contributed by atoms with Gasteiger partial charge in [0.05, 0.1) is 16.8 Å². The third-order valence-corrected chi connectivity index (χ3v) is 4.99. The van der Waals surface area contributed by atoms with Crippen molar-refractivity contribution in [1.29, 1.82) is 0 Å². The van der Waals surface area contributed by atoms with E-state index in [0.29, 0.717) is 12.1 Å². The molecule has 24 heavy (non-hydrogen) atoms. The van der Waals surface area contributed by atoms with E-state index in [-0.39, 0.29) is 5.91 Å². The lowest BCUT2D eigenvalue weighted by Gasteiger charge is -2.30. The molecule has 3 rings (SSSR count). The van der Waals surface area contributed by atoms with Gasteiger partial charge in [-0.1, -0.05) is 6.07 Å². The fraction of sp³-hybridized carbons (Fsp3) is 0.444. The van der Waals surface area contributed by atoms with Crippen LogP contribution in [0.15, 0.2) is 29.6 Å². The third-order valence-electron chi connectivity index (χ3n) is 4.17. The topological polar surface area (TPSA) is 65.5 Å². The van der Waals surface area contributed by atoms with E-state index in [1.54, 1.807) is 16.2 Å². The first kappa shape index (κ1) is 16.9. The summed E-state index contributed by atoms with van der Waals surface area (Å²) in [5.74, 6) is -0.00692. The summed E-state index contributed by atoms with van der Waals surface area (Å²) in [6.45, 7) is 3.94. The van der Waals surface area contributed by atoms with E-state index >= 15 is 0 Å². The number of piperidine rings is 1. The normalized spacial score (nSPS) is 17.8. The molecule has 128 valence electrons. The second-order valence-corrected chi connectivity index (χ2v) is 7.22. The summed E-state index contributed by atoms with van der Waals surface area (Å²) in [5.41, 5.74) is 2.70. The summed E-state index contributed by atoms with van der Waals surface area (Å²) < 4.78 is 0. The van der Waals surface area contributed by atoms with E-state index in [1.807, 2.05) is 31.2 Å². The summed E-state index contributed by atoms with van der Waals surface area (Å²) in [7, 11) is 0. The minimum absolute atomic E-state index is 0.00692. The molecule has 1 aromatic heterocycles. The maximum atomic E-state index is 12.6. The third kappa shape index (κ3) is 4.33. The smallest absolute Gasteiger partial charge is 0.254 e. The van der Waals surface area contributed by atoms with Crippen LogP contribution >= 0.6 is 11.3 Å². The Hall–Kier alpha value is -1.92. The zero-order valence-electron chi connectivity index (χ0n) is 13.9. The molecule has 2 aromatic rings. The van der Waals surface area contributed by atoms with Gasteiger partial charge in [0.15, 0.2) is 0 Å². The fourth-order valence-corrected chi connectivity index (χ4v) is 3.59. The van der Waals surface area contributed by atoms with Gasteiger partial charge in [-0.2, -0.15) is 0 Å². The Balaban J connectivity index is 1.58. The highest BCUT2D eigenvalue weighted by Gasteiger charge is 2.23. The predicted molar refractivity (Wildman–Crippen MR) is 96.6 cm³/mol. The number of carbonyl (C=O) groups excluding carboxylic acids is 1. The Morgan fingerprint density at radius 2 is 2.38 bits per heavy atom. The van der Waals surface area contributed by atoms with Gasteiger partial charge < -0.3 is 15.3 Å². The molecule has 0 aliphatic carbocycles. The van der Waals surface area contributed by atoms with Gasteiger partial charge in [0.25, 0.3) is 5.91 Å². The molecular formula is C18H23N3O2S. The molecular weight excluding hydrogens is 322 g/mol. The van der Waals surface area contributed by atoms with Gasteiger partial charge in [-0.3, -0.25) is 4.79 Å². The Morgan fingerprint density at radius 3 is 3.12 bits per heavy atom. The average molecular weight is 345 g/mol. The van der Waals surface area contributed by atoms with Crippen molar-refractivity contribution in [2.24, 2.45) is 0 Å². The number of thiazole rings is 1. The summed E-state index contributed by atoms with van der Waals surface area (Å²) in [6.07, 6.45) is 2.10. The number of benzene rings is 1. The number of carbonyl (C=O) groups is 1. The quantitative estimate of drug-likeness (QED) is 0.874. The molecule has 0 bridgehead atoms. The van der Waals surface area contributed by atoms with Crippen molar-refractivity contribution < 1.29 is 9.90 Å². The summed E-state index contributed by atoms with van der Waals surface area (Å²) >= 11 is 1.66. The van der Waals surface area contributed by atoms with Crippen molar-refractivity contribution in [1.82, 2.24) is 9.88 Å². The number of likely N-dealkylation sites (tertiary alicyclic amines) is 1. The van der Waals surface area contributed by atoms with E-state index in [1.165, 1.54) is 0 Å². The van der Waals surface area contributed by atoms with Crippen molar-refractivity contribution in [3.05, 3.63) is 45.9 Å². The van der Waals surface area contributed by atoms with E-state index < -0.39 is 6.10 Å². The monoisotopic (exact) mass is 345 g/mol. The molecule has 1 saturated heterocycles. The van der Waals surface area contributed by atoms with Crippen molar-refractivity contribution in [3.8, 4) is 0 Å². The highest BCUT2D eigenvalue weighted by atomic mass is 32.1. The van der Waals surface area contributed by atoms with Crippen LogP contribution in [-0.4, -0.2) is 46.6 Å². The maximum absolute atomic E-state index is 12.6. The minimum atomic E-state index is -0.398. The first-order chi connectivity index (χ1) is 11.6. The molecule has 6 heteroatoms. The molecule has 0 radical (unpaired) electrons. The number of hydrogen-bond donors (Lipinski definition) is 2. The minimum Gasteiger partial charge on any atom is -0.391 e. The van der Waals surface area contributed by atoms with Crippen LogP contribution in [0.5, 0.6) is 0 Å². The molecule has 1 aromatic carbocycles. The van der Waals surface area contributed by atoms with Crippen LogP contribution < -0.4 is 5.32 Å². The van der Waals surface area contributed by atoms with E-state index in [4.69, 9.17) is 0 Å².